The van der Waals surface area contributed by atoms with Gasteiger partial charge in [-0.15, -0.1) is 11.8 Å². The van der Waals surface area contributed by atoms with E-state index in [1.54, 1.807) is 4.90 Å². The first-order valence-electron chi connectivity index (χ1n) is 10.0. The van der Waals surface area contributed by atoms with E-state index in [2.05, 4.69) is 5.32 Å². The van der Waals surface area contributed by atoms with Crippen molar-refractivity contribution in [3.8, 4) is 0 Å². The van der Waals surface area contributed by atoms with Crippen LogP contribution in [0, 0.1) is 17.5 Å². The van der Waals surface area contributed by atoms with Crippen molar-refractivity contribution < 1.29 is 27.6 Å². The zero-order valence-electron chi connectivity index (χ0n) is 17.4. The second-order valence-corrected chi connectivity index (χ2v) is 8.16. The van der Waals surface area contributed by atoms with Gasteiger partial charge in [-0.05, 0) is 30.7 Å². The van der Waals surface area contributed by atoms with E-state index in [4.69, 9.17) is 0 Å². The molecule has 0 bridgehead atoms. The predicted octanol–water partition coefficient (Wildman–Crippen LogP) is 3.81. The fourth-order valence-corrected chi connectivity index (χ4v) is 4.25. The molecule has 1 N–H and O–H groups in total. The second kappa shape index (κ2) is 10.5. The number of hydrogen-bond acceptors (Lipinski definition) is 4. The van der Waals surface area contributed by atoms with Crippen molar-refractivity contribution in [1.82, 2.24) is 4.90 Å². The Morgan fingerprint density at radius 3 is 2.62 bits per heavy atom. The van der Waals surface area contributed by atoms with Crippen molar-refractivity contribution in [3.05, 3.63) is 53.8 Å². The maximum Gasteiger partial charge on any atom is 0.244 e. The Bertz CT molecular complexity index is 1030. The molecule has 0 atom stereocenters. The lowest BCUT2D eigenvalue weighted by Gasteiger charge is -2.29. The highest BCUT2D eigenvalue weighted by Gasteiger charge is 2.26. The monoisotopic (exact) mass is 465 g/mol. The highest BCUT2D eigenvalue weighted by Crippen LogP contribution is 2.34. The molecule has 1 aliphatic heterocycles. The Labute approximate surface area is 187 Å². The number of nitrogens with zero attached hydrogens (tertiary/aromatic N) is 2. The van der Waals surface area contributed by atoms with Gasteiger partial charge in [-0.3, -0.25) is 14.4 Å². The van der Waals surface area contributed by atoms with Gasteiger partial charge in [0.25, 0.3) is 0 Å². The molecule has 6 nitrogen and oxygen atoms in total. The topological polar surface area (TPSA) is 69.7 Å². The molecule has 170 valence electrons. The third kappa shape index (κ3) is 5.42. The minimum absolute atomic E-state index is 0.00242. The van der Waals surface area contributed by atoms with Crippen LogP contribution in [0.1, 0.15) is 19.8 Å². The van der Waals surface area contributed by atoms with E-state index >= 15 is 0 Å². The molecule has 3 rings (SSSR count). The molecule has 10 heteroatoms. The van der Waals surface area contributed by atoms with Crippen LogP contribution in [0.5, 0.6) is 0 Å². The van der Waals surface area contributed by atoms with E-state index in [0.29, 0.717) is 12.5 Å². The second-order valence-electron chi connectivity index (χ2n) is 7.14. The van der Waals surface area contributed by atoms with E-state index in [1.165, 1.54) is 16.7 Å². The summed E-state index contributed by atoms with van der Waals surface area (Å²) in [4.78, 5) is 41.2. The van der Waals surface area contributed by atoms with Crippen molar-refractivity contribution in [3.63, 3.8) is 0 Å². The molecule has 0 saturated heterocycles. The molecule has 0 radical (unpaired) electrons. The molecule has 0 unspecified atom stereocenters. The number of rotatable bonds is 8. The van der Waals surface area contributed by atoms with Crippen molar-refractivity contribution in [2.45, 2.75) is 24.7 Å². The number of amides is 3. The lowest BCUT2D eigenvalue weighted by molar-refractivity contribution is -0.134. The molecule has 2 aromatic rings. The number of benzene rings is 2. The molecular formula is C22H22F3N3O3S. The number of thioether (sulfide) groups is 1. The Balaban J connectivity index is 1.63. The standard InChI is InChI=1S/C22H22F3N3O3S/c1-2-10-27(12-18(29)26-15-8-7-14(23)21(24)22(15)25)19(30)9-11-28-16-5-3-4-6-17(16)32-13-20(28)31/h3-8H,2,9-13H2,1H3,(H,26,29). The Kier molecular flexibility index (Phi) is 7.79. The van der Waals surface area contributed by atoms with Crippen molar-refractivity contribution in [2.24, 2.45) is 0 Å². The first kappa shape index (κ1) is 23.6. The number of hydrogen-bond donors (Lipinski definition) is 1. The van der Waals surface area contributed by atoms with E-state index in [1.807, 2.05) is 31.2 Å². The number of carbonyl (C=O) groups is 3. The van der Waals surface area contributed by atoms with Crippen LogP contribution in [0.15, 0.2) is 41.3 Å². The first-order valence-corrected chi connectivity index (χ1v) is 11.0. The molecule has 0 saturated carbocycles. The molecule has 0 spiro atoms. The van der Waals surface area contributed by atoms with Crippen LogP contribution in [0.25, 0.3) is 0 Å². The van der Waals surface area contributed by atoms with Gasteiger partial charge in [-0.2, -0.15) is 0 Å². The third-order valence-electron chi connectivity index (χ3n) is 4.85. The van der Waals surface area contributed by atoms with Gasteiger partial charge < -0.3 is 15.1 Å². The summed E-state index contributed by atoms with van der Waals surface area (Å²) in [6.07, 6.45) is 0.568. The summed E-state index contributed by atoms with van der Waals surface area (Å²) >= 11 is 1.44. The van der Waals surface area contributed by atoms with E-state index in [-0.39, 0.29) is 43.6 Å². The summed E-state index contributed by atoms with van der Waals surface area (Å²) in [6.45, 7) is 1.88. The van der Waals surface area contributed by atoms with E-state index in [9.17, 15) is 27.6 Å². The van der Waals surface area contributed by atoms with Gasteiger partial charge in [0, 0.05) is 24.4 Å². The number of carbonyl (C=O) groups excluding carboxylic acids is 3. The lowest BCUT2D eigenvalue weighted by atomic mass is 10.2. The minimum Gasteiger partial charge on any atom is -0.333 e. The molecule has 3 amide bonds. The SMILES string of the molecule is CCCN(CC(=O)Nc1ccc(F)c(F)c1F)C(=O)CCN1C(=O)CSc2ccccc21. The molecule has 32 heavy (non-hydrogen) atoms. The molecule has 0 aromatic heterocycles. The third-order valence-corrected chi connectivity index (χ3v) is 5.90. The molecular weight excluding hydrogens is 443 g/mol. The van der Waals surface area contributed by atoms with Gasteiger partial charge in [0.05, 0.1) is 23.7 Å². The molecule has 1 aliphatic rings. The average Bonchev–Trinajstić information content (AvgIpc) is 2.78. The highest BCUT2D eigenvalue weighted by atomic mass is 32.2. The number of halogens is 3. The number of fused-ring (bicyclic) bond motifs is 1. The summed E-state index contributed by atoms with van der Waals surface area (Å²) in [6, 6.07) is 9.04. The van der Waals surface area contributed by atoms with Crippen LogP contribution >= 0.6 is 11.8 Å². The van der Waals surface area contributed by atoms with Gasteiger partial charge in [-0.25, -0.2) is 13.2 Å². The first-order chi connectivity index (χ1) is 15.3. The van der Waals surface area contributed by atoms with Crippen LogP contribution in [0.2, 0.25) is 0 Å². The van der Waals surface area contributed by atoms with Crippen molar-refractivity contribution in [2.75, 3.05) is 35.6 Å². The number of nitrogens with one attached hydrogen (secondary N) is 1. The summed E-state index contributed by atoms with van der Waals surface area (Å²) in [5.41, 5.74) is 0.237. The van der Waals surface area contributed by atoms with Gasteiger partial charge in [0.1, 0.15) is 0 Å². The van der Waals surface area contributed by atoms with Crippen LogP contribution in [0.4, 0.5) is 24.5 Å². The summed E-state index contributed by atoms with van der Waals surface area (Å²) in [7, 11) is 0. The minimum atomic E-state index is -1.69. The van der Waals surface area contributed by atoms with Crippen LogP contribution < -0.4 is 10.2 Å². The maximum absolute atomic E-state index is 13.8. The summed E-state index contributed by atoms with van der Waals surface area (Å²) in [5.74, 6) is -5.47. The number of para-hydroxylation sites is 1. The zero-order chi connectivity index (χ0) is 23.3. The predicted molar refractivity (Wildman–Crippen MR) is 116 cm³/mol. The Hall–Kier alpha value is -3.01. The zero-order valence-corrected chi connectivity index (χ0v) is 18.2. The maximum atomic E-state index is 13.8. The quantitative estimate of drug-likeness (QED) is 0.602. The van der Waals surface area contributed by atoms with Crippen LogP contribution in [0.3, 0.4) is 0 Å². The average molecular weight is 465 g/mol. The lowest BCUT2D eigenvalue weighted by Crippen LogP contribution is -2.42. The summed E-state index contributed by atoms with van der Waals surface area (Å²) < 4.78 is 40.2. The van der Waals surface area contributed by atoms with E-state index < -0.39 is 29.0 Å². The van der Waals surface area contributed by atoms with Gasteiger partial charge in [0.15, 0.2) is 17.5 Å². The van der Waals surface area contributed by atoms with Gasteiger partial charge >= 0.3 is 0 Å². The Morgan fingerprint density at radius 1 is 1.12 bits per heavy atom. The van der Waals surface area contributed by atoms with Crippen LogP contribution in [-0.4, -0.2) is 48.0 Å². The van der Waals surface area contributed by atoms with Gasteiger partial charge in [0.2, 0.25) is 17.7 Å². The summed E-state index contributed by atoms with van der Waals surface area (Å²) in [5, 5.41) is 2.17. The molecule has 1 heterocycles. The number of anilines is 2. The Morgan fingerprint density at radius 2 is 1.88 bits per heavy atom. The largest absolute Gasteiger partial charge is 0.333 e. The van der Waals surface area contributed by atoms with Gasteiger partial charge in [-0.1, -0.05) is 19.1 Å². The van der Waals surface area contributed by atoms with Crippen molar-refractivity contribution >= 4 is 40.9 Å². The molecule has 2 aromatic carbocycles. The fraction of sp³-hybridized carbons (Fsp3) is 0.318. The van der Waals surface area contributed by atoms with Crippen LogP contribution in [-0.2, 0) is 14.4 Å². The smallest absolute Gasteiger partial charge is 0.244 e. The normalized spacial score (nSPS) is 13.0. The van der Waals surface area contributed by atoms with Crippen molar-refractivity contribution in [1.29, 1.82) is 0 Å². The molecule has 0 fully saturated rings. The van der Waals surface area contributed by atoms with E-state index in [0.717, 1.165) is 16.6 Å². The highest BCUT2D eigenvalue weighted by molar-refractivity contribution is 8.00. The molecule has 0 aliphatic carbocycles. The fourth-order valence-electron chi connectivity index (χ4n) is 3.31.